The maximum atomic E-state index is 14.3. The molecule has 1 fully saturated rings. The molecule has 0 saturated carbocycles. The zero-order chi connectivity index (χ0) is 42.5. The minimum atomic E-state index is -1.47. The first-order valence-corrected chi connectivity index (χ1v) is 20.5. The van der Waals surface area contributed by atoms with Gasteiger partial charge in [0.2, 0.25) is 5.91 Å². The summed E-state index contributed by atoms with van der Waals surface area (Å²) in [6.07, 6.45) is -0.720. The molecule has 4 aromatic carbocycles. The number of hydrogen-bond acceptors (Lipinski definition) is 9. The van der Waals surface area contributed by atoms with Crippen LogP contribution in [0.3, 0.4) is 0 Å². The molecule has 3 N–H and O–H groups in total. The summed E-state index contributed by atoms with van der Waals surface area (Å²) in [6.45, 7) is 5.90. The fourth-order valence-electron chi connectivity index (χ4n) is 7.54. The number of ether oxygens (including phenoxy) is 4. The van der Waals surface area contributed by atoms with E-state index in [-0.39, 0.29) is 64.0 Å². The summed E-state index contributed by atoms with van der Waals surface area (Å²) in [7, 11) is 0. The Kier molecular flexibility index (Phi) is 14.4. The van der Waals surface area contributed by atoms with E-state index in [0.717, 1.165) is 33.4 Å². The number of nitrogens with zero attached hydrogens (tertiary/aromatic N) is 1. The molecule has 60 heavy (non-hydrogen) atoms. The highest BCUT2D eigenvalue weighted by molar-refractivity contribution is 5.88. The third-order valence-electron chi connectivity index (χ3n) is 10.6. The van der Waals surface area contributed by atoms with Gasteiger partial charge in [-0.25, -0.2) is 19.2 Å². The lowest BCUT2D eigenvalue weighted by molar-refractivity contribution is -0.156. The maximum Gasteiger partial charge on any atom is 0.408 e. The molecule has 1 atom stereocenters. The number of piperidine rings is 1. The molecular weight excluding hydrogens is 765 g/mol. The minimum absolute atomic E-state index is 0.000270. The third-order valence-corrected chi connectivity index (χ3v) is 10.6. The zero-order valence-electron chi connectivity index (χ0n) is 34.4. The molecule has 6 rings (SSSR count). The van der Waals surface area contributed by atoms with Crippen molar-refractivity contribution in [3.05, 3.63) is 131 Å². The molecule has 1 heterocycles. The molecule has 13 nitrogen and oxygen atoms in total. The van der Waals surface area contributed by atoms with Gasteiger partial charge in [0.15, 0.2) is 0 Å². The van der Waals surface area contributed by atoms with Crippen molar-refractivity contribution in [2.24, 2.45) is 0 Å². The van der Waals surface area contributed by atoms with Crippen LogP contribution in [-0.4, -0.2) is 78.5 Å². The minimum Gasteiger partial charge on any atom is -0.459 e. The zero-order valence-corrected chi connectivity index (χ0v) is 34.4. The average molecular weight is 819 g/mol. The summed E-state index contributed by atoms with van der Waals surface area (Å²) in [5.74, 6) is -1.16. The first-order chi connectivity index (χ1) is 28.9. The van der Waals surface area contributed by atoms with E-state index >= 15 is 0 Å². The smallest absolute Gasteiger partial charge is 0.408 e. The highest BCUT2D eigenvalue weighted by Gasteiger charge is 2.46. The first-order valence-electron chi connectivity index (χ1n) is 20.5. The molecule has 0 unspecified atom stereocenters. The Morgan fingerprint density at radius 3 is 1.82 bits per heavy atom. The predicted molar refractivity (Wildman–Crippen MR) is 225 cm³/mol. The van der Waals surface area contributed by atoms with Crippen LogP contribution in [0.5, 0.6) is 0 Å². The van der Waals surface area contributed by atoms with Crippen LogP contribution in [0.1, 0.15) is 81.0 Å². The van der Waals surface area contributed by atoms with Crippen LogP contribution in [0, 0.1) is 0 Å². The van der Waals surface area contributed by atoms with Crippen LogP contribution in [0.2, 0.25) is 0 Å². The van der Waals surface area contributed by atoms with Gasteiger partial charge in [0.25, 0.3) is 0 Å². The monoisotopic (exact) mass is 818 g/mol. The van der Waals surface area contributed by atoms with Crippen LogP contribution in [-0.2, 0) is 41.8 Å². The largest absolute Gasteiger partial charge is 0.459 e. The highest BCUT2D eigenvalue weighted by Crippen LogP contribution is 2.44. The standard InChI is InChI=1S/C47H54N4O9/c1-46(2,3)60-43(54)48-27-15-14-24-40(49-44(55)59-32-39-37-22-12-10-20-35(37)36-21-11-13-23-38(36)39)41(52)51-28-25-47(26-29-51,42(53)57-30-33-16-6-4-7-17-33)50-45(56)58-31-34-18-8-5-9-19-34/h4-13,16-23,39-40H,14-15,24-32H2,1-3H3,(H,48,54)(H,49,55)(H,50,56)/t40-/m1/s1. The van der Waals surface area contributed by atoms with E-state index in [0.29, 0.717) is 19.4 Å². The Balaban J connectivity index is 1.11. The molecule has 0 bridgehead atoms. The molecule has 0 aromatic heterocycles. The Morgan fingerprint density at radius 2 is 1.23 bits per heavy atom. The molecule has 4 aromatic rings. The molecule has 1 aliphatic carbocycles. The number of amides is 4. The van der Waals surface area contributed by atoms with Crippen molar-refractivity contribution in [3.63, 3.8) is 0 Å². The number of fused-ring (bicyclic) bond motifs is 3. The van der Waals surface area contributed by atoms with E-state index in [1.165, 1.54) is 0 Å². The highest BCUT2D eigenvalue weighted by atomic mass is 16.6. The van der Waals surface area contributed by atoms with E-state index in [1.807, 2.05) is 97.1 Å². The van der Waals surface area contributed by atoms with Crippen LogP contribution in [0.4, 0.5) is 14.4 Å². The van der Waals surface area contributed by atoms with Gasteiger partial charge in [0.1, 0.15) is 37.0 Å². The molecule has 1 saturated heterocycles. The Labute approximate surface area is 351 Å². The van der Waals surface area contributed by atoms with Crippen molar-refractivity contribution in [1.82, 2.24) is 20.9 Å². The van der Waals surface area contributed by atoms with Crippen molar-refractivity contribution >= 4 is 30.2 Å². The van der Waals surface area contributed by atoms with Gasteiger partial charge in [0, 0.05) is 25.6 Å². The van der Waals surface area contributed by atoms with Crippen molar-refractivity contribution in [1.29, 1.82) is 0 Å². The van der Waals surface area contributed by atoms with Crippen molar-refractivity contribution in [2.45, 2.75) is 89.2 Å². The number of rotatable bonds is 15. The fraction of sp³-hybridized carbons (Fsp3) is 0.383. The molecule has 1 aliphatic heterocycles. The quantitative estimate of drug-likeness (QED) is 0.0623. The maximum absolute atomic E-state index is 14.3. The van der Waals surface area contributed by atoms with Gasteiger partial charge in [-0.3, -0.25) is 4.79 Å². The van der Waals surface area contributed by atoms with Gasteiger partial charge in [0.05, 0.1) is 0 Å². The lowest BCUT2D eigenvalue weighted by atomic mass is 9.87. The number of likely N-dealkylation sites (tertiary alicyclic amines) is 1. The second-order valence-electron chi connectivity index (χ2n) is 16.1. The summed E-state index contributed by atoms with van der Waals surface area (Å²) in [5, 5.41) is 8.33. The molecule has 316 valence electrons. The van der Waals surface area contributed by atoms with E-state index in [4.69, 9.17) is 18.9 Å². The normalized spacial score (nSPS) is 14.8. The number of hydrogen-bond donors (Lipinski definition) is 3. The summed E-state index contributed by atoms with van der Waals surface area (Å²) in [4.78, 5) is 68.5. The van der Waals surface area contributed by atoms with E-state index in [1.54, 1.807) is 25.7 Å². The van der Waals surface area contributed by atoms with E-state index in [9.17, 15) is 24.0 Å². The summed E-state index contributed by atoms with van der Waals surface area (Å²) in [5.41, 5.74) is 3.77. The van der Waals surface area contributed by atoms with Crippen LogP contribution in [0.15, 0.2) is 109 Å². The van der Waals surface area contributed by atoms with Gasteiger partial charge < -0.3 is 39.8 Å². The van der Waals surface area contributed by atoms with Crippen molar-refractivity contribution in [2.75, 3.05) is 26.2 Å². The number of alkyl carbamates (subject to hydrolysis) is 3. The molecule has 0 radical (unpaired) electrons. The fourth-order valence-corrected chi connectivity index (χ4v) is 7.54. The second-order valence-corrected chi connectivity index (χ2v) is 16.1. The molecule has 4 amide bonds. The summed E-state index contributed by atoms with van der Waals surface area (Å²) in [6, 6.07) is 33.5. The summed E-state index contributed by atoms with van der Waals surface area (Å²) >= 11 is 0. The Morgan fingerprint density at radius 1 is 0.683 bits per heavy atom. The second kappa shape index (κ2) is 20.1. The number of benzene rings is 4. The van der Waals surface area contributed by atoms with Gasteiger partial charge in [-0.15, -0.1) is 0 Å². The first kappa shape index (κ1) is 43.2. The lowest BCUT2D eigenvalue weighted by Crippen LogP contribution is -2.62. The van der Waals surface area contributed by atoms with E-state index < -0.39 is 41.4 Å². The summed E-state index contributed by atoms with van der Waals surface area (Å²) < 4.78 is 22.4. The number of carbonyl (C=O) groups is 5. The molecular formula is C47H54N4O9. The predicted octanol–water partition coefficient (Wildman–Crippen LogP) is 7.62. The van der Waals surface area contributed by atoms with Crippen molar-refractivity contribution < 1.29 is 42.9 Å². The molecule has 0 spiro atoms. The number of carbonyl (C=O) groups excluding carboxylic acids is 5. The number of nitrogens with one attached hydrogen (secondary N) is 3. The van der Waals surface area contributed by atoms with Crippen LogP contribution < -0.4 is 16.0 Å². The Hall–Kier alpha value is -6.37. The Bertz CT molecular complexity index is 2050. The number of esters is 1. The van der Waals surface area contributed by atoms with Gasteiger partial charge in [-0.1, -0.05) is 109 Å². The number of unbranched alkanes of at least 4 members (excludes halogenated alkanes) is 1. The van der Waals surface area contributed by atoms with Crippen LogP contribution in [0.25, 0.3) is 11.1 Å². The average Bonchev–Trinajstić information content (AvgIpc) is 3.57. The topological polar surface area (TPSA) is 162 Å². The van der Waals surface area contributed by atoms with Crippen molar-refractivity contribution in [3.8, 4) is 11.1 Å². The van der Waals surface area contributed by atoms with Crippen LogP contribution >= 0.6 is 0 Å². The molecule has 2 aliphatic rings. The van der Waals surface area contributed by atoms with E-state index in [2.05, 4.69) is 28.1 Å². The molecule has 13 heteroatoms. The van der Waals surface area contributed by atoms with Gasteiger partial charge in [-0.2, -0.15) is 0 Å². The third kappa shape index (κ3) is 11.6. The lowest BCUT2D eigenvalue weighted by Gasteiger charge is -2.41. The van der Waals surface area contributed by atoms with Gasteiger partial charge >= 0.3 is 24.2 Å². The van der Waals surface area contributed by atoms with Gasteiger partial charge in [-0.05, 0) is 86.3 Å². The SMILES string of the molecule is CC(C)(C)OC(=O)NCCCC[C@@H](NC(=O)OCC1c2ccccc2-c2ccccc21)C(=O)N1CCC(NC(=O)OCc2ccccc2)(C(=O)OCc2ccccc2)CC1.